The Hall–Kier alpha value is -2.15. The second kappa shape index (κ2) is 9.14. The lowest BCUT2D eigenvalue weighted by molar-refractivity contribution is -0.0658. The lowest BCUT2D eigenvalue weighted by Crippen LogP contribution is -2.34. The Morgan fingerprint density at radius 2 is 2.03 bits per heavy atom. The van der Waals surface area contributed by atoms with Gasteiger partial charge in [-0.2, -0.15) is 15.1 Å². The van der Waals surface area contributed by atoms with Crippen molar-refractivity contribution in [3.8, 4) is 0 Å². The summed E-state index contributed by atoms with van der Waals surface area (Å²) in [4.78, 5) is 26.4. The van der Waals surface area contributed by atoms with Crippen LogP contribution >= 0.6 is 19.2 Å². The van der Waals surface area contributed by atoms with Crippen molar-refractivity contribution in [1.29, 1.82) is 0 Å². The van der Waals surface area contributed by atoms with E-state index in [1.807, 2.05) is 12.1 Å². The summed E-state index contributed by atoms with van der Waals surface area (Å²) in [6.45, 7) is -0.331. The Labute approximate surface area is 198 Å². The fraction of sp³-hybridized carbons (Fsp3) is 0.450. The van der Waals surface area contributed by atoms with Crippen LogP contribution in [0.3, 0.4) is 0 Å². The van der Waals surface area contributed by atoms with Crippen molar-refractivity contribution < 1.29 is 34.0 Å². The standard InChI is InChI=1S/C20H23ClN5O7P/c21-20-24-17(23-13-6-5-10-3-1-2-4-11(10)13)12-7-22-26(18(12)25-20)19-16(28)15(27)14(33-19)8-32-9-34(29,30)31/h1-4,7,13-16,19,27-28H,5-6,8-9H2,(H,23,24,25)(H2,29,30,31)/t13?,14-,15-,16-,19-/m1/s1. The molecule has 1 unspecified atom stereocenters. The van der Waals surface area contributed by atoms with Gasteiger partial charge in [0.2, 0.25) is 5.28 Å². The van der Waals surface area contributed by atoms with Crippen molar-refractivity contribution in [2.24, 2.45) is 0 Å². The monoisotopic (exact) mass is 511 g/mol. The van der Waals surface area contributed by atoms with Crippen LogP contribution in [0.25, 0.3) is 11.0 Å². The second-order valence-electron chi connectivity index (χ2n) is 8.31. The first-order valence-corrected chi connectivity index (χ1v) is 12.8. The van der Waals surface area contributed by atoms with Gasteiger partial charge in [0.05, 0.1) is 24.2 Å². The highest BCUT2D eigenvalue weighted by atomic mass is 35.5. The Morgan fingerprint density at radius 1 is 1.24 bits per heavy atom. The topological polar surface area (TPSA) is 172 Å². The molecule has 5 atom stereocenters. The molecule has 0 radical (unpaired) electrons. The van der Waals surface area contributed by atoms with Crippen LogP contribution in [0.15, 0.2) is 30.5 Å². The van der Waals surface area contributed by atoms with E-state index in [0.717, 1.165) is 12.8 Å². The number of anilines is 1. The molecule has 34 heavy (non-hydrogen) atoms. The van der Waals surface area contributed by atoms with E-state index in [-0.39, 0.29) is 17.9 Å². The average molecular weight is 512 g/mol. The molecule has 1 aliphatic carbocycles. The third-order valence-corrected chi connectivity index (χ3v) is 6.68. The largest absolute Gasteiger partial charge is 0.387 e. The van der Waals surface area contributed by atoms with Gasteiger partial charge in [-0.15, -0.1) is 0 Å². The lowest BCUT2D eigenvalue weighted by atomic mass is 10.1. The molecule has 2 aliphatic rings. The van der Waals surface area contributed by atoms with Crippen molar-refractivity contribution >= 4 is 36.0 Å². The number of hydrogen-bond acceptors (Lipinski definition) is 9. The van der Waals surface area contributed by atoms with Crippen molar-refractivity contribution in [2.75, 3.05) is 18.3 Å². The smallest absolute Gasteiger partial charge is 0.350 e. The summed E-state index contributed by atoms with van der Waals surface area (Å²) in [6, 6.07) is 8.21. The van der Waals surface area contributed by atoms with Crippen molar-refractivity contribution in [3.05, 3.63) is 46.9 Å². The van der Waals surface area contributed by atoms with Crippen LogP contribution in [0.4, 0.5) is 5.82 Å². The molecular formula is C20H23ClN5O7P. The Bertz CT molecular complexity index is 1250. The fourth-order valence-corrected chi connectivity index (χ4v) is 4.93. The van der Waals surface area contributed by atoms with E-state index in [9.17, 15) is 14.8 Å². The molecule has 14 heteroatoms. The Balaban J connectivity index is 1.39. The van der Waals surface area contributed by atoms with E-state index in [4.69, 9.17) is 30.9 Å². The van der Waals surface area contributed by atoms with Gasteiger partial charge in [0.1, 0.15) is 30.5 Å². The number of hydrogen-bond donors (Lipinski definition) is 5. The SMILES string of the molecule is O=P(O)(O)COC[C@H]1O[C@@H](n2ncc3c(NC4CCc5ccccc54)nc(Cl)nc32)[C@H](O)[C@@H]1O. The normalized spacial score (nSPS) is 26.8. The predicted molar refractivity (Wildman–Crippen MR) is 120 cm³/mol. The summed E-state index contributed by atoms with van der Waals surface area (Å²) < 4.78 is 22.9. The van der Waals surface area contributed by atoms with Crippen LogP contribution in [0.2, 0.25) is 5.28 Å². The molecule has 5 rings (SSSR count). The van der Waals surface area contributed by atoms with Crippen LogP contribution in [-0.4, -0.2) is 71.0 Å². The highest BCUT2D eigenvalue weighted by Gasteiger charge is 2.45. The summed E-state index contributed by atoms with van der Waals surface area (Å²) >= 11 is 6.20. The number of aromatic nitrogens is 4. The van der Waals surface area contributed by atoms with Gasteiger partial charge in [0, 0.05) is 0 Å². The molecule has 0 amide bonds. The Kier molecular flexibility index (Phi) is 6.34. The number of aliphatic hydroxyl groups is 2. The predicted octanol–water partition coefficient (Wildman–Crippen LogP) is 1.35. The van der Waals surface area contributed by atoms with Crippen LogP contribution in [0.5, 0.6) is 0 Å². The number of nitrogens with one attached hydrogen (secondary N) is 1. The molecule has 3 aromatic rings. The zero-order valence-corrected chi connectivity index (χ0v) is 19.4. The number of ether oxygens (including phenoxy) is 2. The number of fused-ring (bicyclic) bond motifs is 2. The summed E-state index contributed by atoms with van der Waals surface area (Å²) in [5.74, 6) is 0.484. The molecule has 5 N–H and O–H groups in total. The molecule has 0 bridgehead atoms. The molecule has 0 spiro atoms. The summed E-state index contributed by atoms with van der Waals surface area (Å²) in [5, 5.41) is 29.2. The number of aryl methyl sites for hydroxylation is 1. The molecule has 12 nitrogen and oxygen atoms in total. The molecule has 0 saturated carbocycles. The maximum Gasteiger partial charge on any atom is 0.350 e. The molecule has 2 aromatic heterocycles. The molecule has 3 heterocycles. The van der Waals surface area contributed by atoms with Crippen LogP contribution < -0.4 is 5.32 Å². The molecule has 1 aromatic carbocycles. The van der Waals surface area contributed by atoms with Gasteiger partial charge in [-0.05, 0) is 35.6 Å². The fourth-order valence-electron chi connectivity index (χ4n) is 4.42. The van der Waals surface area contributed by atoms with E-state index < -0.39 is 38.5 Å². The number of benzene rings is 1. The van der Waals surface area contributed by atoms with E-state index in [0.29, 0.717) is 16.9 Å². The van der Waals surface area contributed by atoms with E-state index in [2.05, 4.69) is 32.5 Å². The van der Waals surface area contributed by atoms with E-state index in [1.54, 1.807) is 0 Å². The van der Waals surface area contributed by atoms with Gasteiger partial charge in [0.25, 0.3) is 0 Å². The first kappa shape index (κ1) is 23.6. The molecule has 182 valence electrons. The minimum Gasteiger partial charge on any atom is -0.387 e. The summed E-state index contributed by atoms with van der Waals surface area (Å²) in [7, 11) is -4.38. The molecular weight excluding hydrogens is 489 g/mol. The maximum absolute atomic E-state index is 11.0. The van der Waals surface area contributed by atoms with Crippen molar-refractivity contribution in [2.45, 2.75) is 43.4 Å². The number of rotatable bonds is 7. The van der Waals surface area contributed by atoms with Gasteiger partial charge < -0.3 is 34.8 Å². The second-order valence-corrected chi connectivity index (χ2v) is 10.2. The molecule has 1 aliphatic heterocycles. The van der Waals surface area contributed by atoms with E-state index in [1.165, 1.54) is 22.0 Å². The van der Waals surface area contributed by atoms with Gasteiger partial charge >= 0.3 is 7.60 Å². The third-order valence-electron chi connectivity index (χ3n) is 5.99. The van der Waals surface area contributed by atoms with Crippen LogP contribution in [0.1, 0.15) is 29.8 Å². The van der Waals surface area contributed by atoms with Gasteiger partial charge in [-0.3, -0.25) is 4.57 Å². The third kappa shape index (κ3) is 4.56. The lowest BCUT2D eigenvalue weighted by Gasteiger charge is -2.17. The zero-order chi connectivity index (χ0) is 24.0. The summed E-state index contributed by atoms with van der Waals surface area (Å²) in [5.41, 5.74) is 2.76. The average Bonchev–Trinajstić information content (AvgIpc) is 3.45. The van der Waals surface area contributed by atoms with Crippen molar-refractivity contribution in [3.63, 3.8) is 0 Å². The highest BCUT2D eigenvalue weighted by Crippen LogP contribution is 2.38. The minimum atomic E-state index is -4.38. The number of aliphatic hydroxyl groups excluding tert-OH is 2. The first-order valence-electron chi connectivity index (χ1n) is 10.6. The first-order chi connectivity index (χ1) is 16.2. The van der Waals surface area contributed by atoms with Gasteiger partial charge in [-0.25, -0.2) is 4.68 Å². The summed E-state index contributed by atoms with van der Waals surface area (Å²) in [6.07, 6.45) is -2.38. The van der Waals surface area contributed by atoms with Gasteiger partial charge in [0.15, 0.2) is 11.9 Å². The minimum absolute atomic E-state index is 0.0300. The Morgan fingerprint density at radius 3 is 2.82 bits per heavy atom. The quantitative estimate of drug-likeness (QED) is 0.229. The highest BCUT2D eigenvalue weighted by molar-refractivity contribution is 7.51. The maximum atomic E-state index is 11.0. The van der Waals surface area contributed by atoms with Crippen LogP contribution in [-0.2, 0) is 20.5 Å². The number of halogens is 1. The number of nitrogens with zero attached hydrogens (tertiary/aromatic N) is 4. The van der Waals surface area contributed by atoms with Crippen molar-refractivity contribution in [1.82, 2.24) is 19.7 Å². The van der Waals surface area contributed by atoms with Crippen LogP contribution in [0, 0.1) is 0 Å². The van der Waals surface area contributed by atoms with Gasteiger partial charge in [-0.1, -0.05) is 24.3 Å². The van der Waals surface area contributed by atoms with E-state index >= 15 is 0 Å². The zero-order valence-electron chi connectivity index (χ0n) is 17.7. The molecule has 1 saturated heterocycles. The molecule has 1 fully saturated rings.